The summed E-state index contributed by atoms with van der Waals surface area (Å²) in [7, 11) is 0. The van der Waals surface area contributed by atoms with Crippen LogP contribution in [0.3, 0.4) is 0 Å². The van der Waals surface area contributed by atoms with E-state index in [1.165, 1.54) is 18.2 Å². The van der Waals surface area contributed by atoms with E-state index in [0.29, 0.717) is 12.8 Å². The van der Waals surface area contributed by atoms with Crippen LogP contribution >= 0.6 is 0 Å². The van der Waals surface area contributed by atoms with Crippen molar-refractivity contribution in [1.29, 1.82) is 0 Å². The van der Waals surface area contributed by atoms with E-state index in [1.54, 1.807) is 0 Å². The van der Waals surface area contributed by atoms with Crippen LogP contribution in [0.5, 0.6) is 11.5 Å². The zero-order valence-corrected chi connectivity index (χ0v) is 16.9. The molecule has 1 heterocycles. The molecule has 4 rings (SSSR count). The third-order valence-electron chi connectivity index (χ3n) is 7.52. The zero-order valence-electron chi connectivity index (χ0n) is 16.9. The zero-order chi connectivity index (χ0) is 20.5. The number of rotatable bonds is 3. The van der Waals surface area contributed by atoms with Gasteiger partial charge in [0.05, 0.1) is 22.9 Å². The van der Waals surface area contributed by atoms with Crippen molar-refractivity contribution in [3.05, 3.63) is 23.8 Å². The maximum atomic E-state index is 12.8. The van der Waals surface area contributed by atoms with E-state index < -0.39 is 17.7 Å². The van der Waals surface area contributed by atoms with Crippen LogP contribution in [-0.2, 0) is 9.47 Å². The Balaban J connectivity index is 1.67. The summed E-state index contributed by atoms with van der Waals surface area (Å²) in [6, 6.07) is 3.90. The van der Waals surface area contributed by atoms with E-state index in [4.69, 9.17) is 9.47 Å². The summed E-state index contributed by atoms with van der Waals surface area (Å²) in [6.07, 6.45) is 2.61. The van der Waals surface area contributed by atoms with Crippen molar-refractivity contribution >= 4 is 5.97 Å². The molecule has 1 aromatic rings. The normalized spacial score (nSPS) is 41.9. The SMILES string of the molecule is CC(C)[C@]1(O)CC[C@]2(C)C[C@@H]3O[C@]3(C)C[C@H](OC(=O)c3ccc(O)c(O)c3)[C@H]21. The predicted molar refractivity (Wildman–Crippen MR) is 102 cm³/mol. The lowest BCUT2D eigenvalue weighted by atomic mass is 9.67. The van der Waals surface area contributed by atoms with Gasteiger partial charge in [0, 0.05) is 12.3 Å². The predicted octanol–water partition coefficient (Wildman–Crippen LogP) is 3.38. The van der Waals surface area contributed by atoms with Crippen LogP contribution in [0.15, 0.2) is 18.2 Å². The summed E-state index contributed by atoms with van der Waals surface area (Å²) in [5, 5.41) is 30.8. The van der Waals surface area contributed by atoms with Crippen LogP contribution in [0.25, 0.3) is 0 Å². The van der Waals surface area contributed by atoms with E-state index in [1.807, 2.05) is 20.8 Å². The number of fused-ring (bicyclic) bond motifs is 2. The molecule has 28 heavy (non-hydrogen) atoms. The summed E-state index contributed by atoms with van der Waals surface area (Å²) in [5.74, 6) is -1.35. The summed E-state index contributed by atoms with van der Waals surface area (Å²) >= 11 is 0. The third kappa shape index (κ3) is 2.89. The molecule has 6 nitrogen and oxygen atoms in total. The number of phenolic OH excluding ortho intramolecular Hbond substituents is 2. The molecule has 3 N–H and O–H groups in total. The Labute approximate surface area is 165 Å². The number of ether oxygens (including phenoxy) is 2. The highest BCUT2D eigenvalue weighted by atomic mass is 16.6. The van der Waals surface area contributed by atoms with Gasteiger partial charge in [-0.1, -0.05) is 20.8 Å². The average Bonchev–Trinajstić information content (AvgIpc) is 3.14. The smallest absolute Gasteiger partial charge is 0.338 e. The molecule has 0 amide bonds. The second-order valence-electron chi connectivity index (χ2n) is 9.75. The van der Waals surface area contributed by atoms with E-state index >= 15 is 0 Å². The molecule has 0 unspecified atom stereocenters. The number of phenols is 2. The minimum Gasteiger partial charge on any atom is -0.504 e. The fraction of sp³-hybridized carbons (Fsp3) is 0.682. The molecule has 3 aliphatic rings. The Morgan fingerprint density at radius 2 is 1.89 bits per heavy atom. The highest BCUT2D eigenvalue weighted by Gasteiger charge is 2.68. The van der Waals surface area contributed by atoms with Crippen LogP contribution in [-0.4, -0.2) is 44.7 Å². The van der Waals surface area contributed by atoms with E-state index in [-0.39, 0.29) is 46.0 Å². The monoisotopic (exact) mass is 390 g/mol. The molecule has 1 saturated heterocycles. The standard InChI is InChI=1S/C22H30O6/c1-12(2)22(26)8-7-20(3)11-17-21(4,28-17)10-16(18(20)22)27-19(25)13-5-6-14(23)15(24)9-13/h5-6,9,12,16-18,23-24,26H,7-8,10-11H2,1-4H3/t16-,17-,18+,20+,21+,22+/m0/s1. The van der Waals surface area contributed by atoms with Gasteiger partial charge in [0.2, 0.25) is 0 Å². The molecule has 2 saturated carbocycles. The molecule has 3 fully saturated rings. The van der Waals surface area contributed by atoms with Gasteiger partial charge in [-0.05, 0) is 55.7 Å². The molecule has 0 aromatic heterocycles. The van der Waals surface area contributed by atoms with Gasteiger partial charge in [0.15, 0.2) is 11.5 Å². The maximum absolute atomic E-state index is 12.8. The highest BCUT2D eigenvalue weighted by molar-refractivity contribution is 5.90. The largest absolute Gasteiger partial charge is 0.504 e. The minimum atomic E-state index is -0.899. The first-order valence-electron chi connectivity index (χ1n) is 10.1. The Morgan fingerprint density at radius 3 is 2.54 bits per heavy atom. The molecule has 2 aliphatic carbocycles. The van der Waals surface area contributed by atoms with Gasteiger partial charge in [-0.15, -0.1) is 0 Å². The van der Waals surface area contributed by atoms with Gasteiger partial charge < -0.3 is 24.8 Å². The van der Waals surface area contributed by atoms with Crippen molar-refractivity contribution in [2.24, 2.45) is 17.3 Å². The Kier molecular flexibility index (Phi) is 4.25. The Morgan fingerprint density at radius 1 is 1.18 bits per heavy atom. The Bertz CT molecular complexity index is 806. The molecule has 6 heteroatoms. The molecule has 0 radical (unpaired) electrons. The molecule has 0 spiro atoms. The number of aromatic hydroxyl groups is 2. The van der Waals surface area contributed by atoms with E-state index in [0.717, 1.165) is 12.8 Å². The number of benzene rings is 1. The second kappa shape index (κ2) is 6.10. The van der Waals surface area contributed by atoms with Gasteiger partial charge in [-0.2, -0.15) is 0 Å². The lowest BCUT2D eigenvalue weighted by molar-refractivity contribution is -0.120. The summed E-state index contributed by atoms with van der Waals surface area (Å²) < 4.78 is 11.9. The number of carbonyl (C=O) groups excluding carboxylic acids is 1. The fourth-order valence-corrected chi connectivity index (χ4v) is 5.68. The molecular weight excluding hydrogens is 360 g/mol. The first kappa shape index (κ1) is 19.5. The third-order valence-corrected chi connectivity index (χ3v) is 7.52. The quantitative estimate of drug-likeness (QED) is 0.416. The summed E-state index contributed by atoms with van der Waals surface area (Å²) in [6.45, 7) is 8.27. The van der Waals surface area contributed by atoms with Crippen molar-refractivity contribution < 1.29 is 29.6 Å². The molecule has 154 valence electrons. The van der Waals surface area contributed by atoms with Gasteiger partial charge in [0.25, 0.3) is 0 Å². The summed E-state index contributed by atoms with van der Waals surface area (Å²) in [5.41, 5.74) is -1.22. The minimum absolute atomic E-state index is 0.0430. The molecule has 6 atom stereocenters. The number of epoxide rings is 1. The van der Waals surface area contributed by atoms with Crippen molar-refractivity contribution in [2.75, 3.05) is 0 Å². The first-order valence-corrected chi connectivity index (χ1v) is 10.1. The van der Waals surface area contributed by atoms with Crippen molar-refractivity contribution in [2.45, 2.75) is 76.8 Å². The Hall–Kier alpha value is -1.79. The van der Waals surface area contributed by atoms with Gasteiger partial charge in [-0.25, -0.2) is 4.79 Å². The van der Waals surface area contributed by atoms with Gasteiger partial charge in [-0.3, -0.25) is 0 Å². The lowest BCUT2D eigenvalue weighted by Crippen LogP contribution is -2.50. The van der Waals surface area contributed by atoms with E-state index in [9.17, 15) is 20.1 Å². The first-order chi connectivity index (χ1) is 13.0. The number of esters is 1. The summed E-state index contributed by atoms with van der Waals surface area (Å²) in [4.78, 5) is 12.8. The number of hydrogen-bond acceptors (Lipinski definition) is 6. The number of aliphatic hydroxyl groups is 1. The topological polar surface area (TPSA) is 99.5 Å². The molecule has 1 aliphatic heterocycles. The van der Waals surface area contributed by atoms with Crippen LogP contribution < -0.4 is 0 Å². The average molecular weight is 390 g/mol. The molecule has 0 bridgehead atoms. The molecular formula is C22H30O6. The van der Waals surface area contributed by atoms with Crippen molar-refractivity contribution in [1.82, 2.24) is 0 Å². The lowest BCUT2D eigenvalue weighted by Gasteiger charge is -2.44. The van der Waals surface area contributed by atoms with Crippen LogP contribution in [0.4, 0.5) is 0 Å². The number of carbonyl (C=O) groups is 1. The van der Waals surface area contributed by atoms with Crippen molar-refractivity contribution in [3.63, 3.8) is 0 Å². The van der Waals surface area contributed by atoms with E-state index in [2.05, 4.69) is 6.92 Å². The molecule has 1 aromatic carbocycles. The van der Waals surface area contributed by atoms with Crippen LogP contribution in [0.2, 0.25) is 0 Å². The fourth-order valence-electron chi connectivity index (χ4n) is 5.68. The maximum Gasteiger partial charge on any atom is 0.338 e. The van der Waals surface area contributed by atoms with Gasteiger partial charge >= 0.3 is 5.97 Å². The van der Waals surface area contributed by atoms with Crippen molar-refractivity contribution in [3.8, 4) is 11.5 Å². The second-order valence-corrected chi connectivity index (χ2v) is 9.75. The number of hydrogen-bond donors (Lipinski definition) is 3. The van der Waals surface area contributed by atoms with Crippen LogP contribution in [0, 0.1) is 17.3 Å². The van der Waals surface area contributed by atoms with Gasteiger partial charge in [0.1, 0.15) is 6.10 Å². The highest BCUT2D eigenvalue weighted by Crippen LogP contribution is 2.63. The van der Waals surface area contributed by atoms with Crippen LogP contribution in [0.1, 0.15) is 63.7 Å².